The molecule has 2 aromatic carbocycles. The van der Waals surface area contributed by atoms with E-state index in [1.807, 2.05) is 25.1 Å². The molecule has 7 heteroatoms. The molecule has 0 radical (unpaired) electrons. The first-order valence-corrected chi connectivity index (χ1v) is 7.98. The lowest BCUT2D eigenvalue weighted by atomic mass is 10.1. The molecule has 0 saturated heterocycles. The van der Waals surface area contributed by atoms with Crippen LogP contribution in [0, 0.1) is 13.8 Å². The lowest BCUT2D eigenvalue weighted by Gasteiger charge is -2.13. The van der Waals surface area contributed by atoms with Crippen LogP contribution in [0.3, 0.4) is 0 Å². The van der Waals surface area contributed by atoms with E-state index in [0.717, 1.165) is 5.69 Å². The number of guanidine groups is 1. The van der Waals surface area contributed by atoms with Crippen LogP contribution in [0.1, 0.15) is 22.8 Å². The standard InChI is InChI=1S/C19H25N3O3.HI/c1-12-5-6-15(7-13(12)2)22-19(20)21-11-18(23)14-8-16(24-3)10-17(9-14)25-4;/h5-10,18,23H,11H2,1-4H3,(H3,20,21,22);1H. The summed E-state index contributed by atoms with van der Waals surface area (Å²) in [6.07, 6.45) is -0.816. The molecule has 0 heterocycles. The van der Waals surface area contributed by atoms with Gasteiger partial charge < -0.3 is 25.6 Å². The number of hydrogen-bond donors (Lipinski definition) is 3. The summed E-state index contributed by atoms with van der Waals surface area (Å²) in [5.41, 5.74) is 9.80. The number of aliphatic hydroxyl groups excluding tert-OH is 1. The van der Waals surface area contributed by atoms with Crippen LogP contribution in [0.15, 0.2) is 41.4 Å². The molecule has 0 amide bonds. The van der Waals surface area contributed by atoms with E-state index in [2.05, 4.69) is 17.2 Å². The lowest BCUT2D eigenvalue weighted by molar-refractivity contribution is 0.186. The average molecular weight is 471 g/mol. The van der Waals surface area contributed by atoms with Crippen LogP contribution in [0.5, 0.6) is 11.5 Å². The van der Waals surface area contributed by atoms with Crippen molar-refractivity contribution < 1.29 is 14.6 Å². The molecule has 0 fully saturated rings. The number of nitrogens with one attached hydrogen (secondary N) is 1. The fourth-order valence-corrected chi connectivity index (χ4v) is 2.32. The molecule has 0 saturated carbocycles. The topological polar surface area (TPSA) is 89.1 Å². The number of hydrogen-bond acceptors (Lipinski definition) is 4. The Morgan fingerprint density at radius 2 is 1.69 bits per heavy atom. The molecular formula is C19H26IN3O3. The number of aliphatic imine (C=N–C) groups is 1. The zero-order valence-corrected chi connectivity index (χ0v) is 17.8. The number of methoxy groups -OCH3 is 2. The fraction of sp³-hybridized carbons (Fsp3) is 0.316. The third-order valence-corrected chi connectivity index (χ3v) is 3.97. The largest absolute Gasteiger partial charge is 0.497 e. The molecule has 1 unspecified atom stereocenters. The van der Waals surface area contributed by atoms with E-state index in [-0.39, 0.29) is 36.5 Å². The quantitative estimate of drug-likeness (QED) is 0.342. The molecule has 0 aliphatic carbocycles. The second-order valence-corrected chi connectivity index (χ2v) is 5.81. The van der Waals surface area contributed by atoms with Gasteiger partial charge in [-0.2, -0.15) is 0 Å². The zero-order chi connectivity index (χ0) is 18.4. The summed E-state index contributed by atoms with van der Waals surface area (Å²) in [4.78, 5) is 4.21. The average Bonchev–Trinajstić information content (AvgIpc) is 2.62. The first kappa shape index (κ1) is 22.0. The summed E-state index contributed by atoms with van der Waals surface area (Å²) < 4.78 is 10.4. The highest BCUT2D eigenvalue weighted by Gasteiger charge is 2.11. The monoisotopic (exact) mass is 471 g/mol. The second kappa shape index (κ2) is 10.2. The first-order valence-electron chi connectivity index (χ1n) is 7.98. The number of halogens is 1. The Bertz CT molecular complexity index is 743. The minimum atomic E-state index is -0.816. The van der Waals surface area contributed by atoms with E-state index in [4.69, 9.17) is 15.2 Å². The van der Waals surface area contributed by atoms with Gasteiger partial charge in [0, 0.05) is 11.8 Å². The van der Waals surface area contributed by atoms with Gasteiger partial charge in [-0.1, -0.05) is 6.07 Å². The van der Waals surface area contributed by atoms with Crippen molar-refractivity contribution in [3.8, 4) is 11.5 Å². The Hall–Kier alpha value is -2.00. The molecule has 0 bridgehead atoms. The van der Waals surface area contributed by atoms with Crippen molar-refractivity contribution in [2.75, 3.05) is 26.1 Å². The van der Waals surface area contributed by atoms with Gasteiger partial charge in [-0.15, -0.1) is 24.0 Å². The van der Waals surface area contributed by atoms with Gasteiger partial charge in [0.15, 0.2) is 5.96 Å². The number of anilines is 1. The molecule has 2 aromatic rings. The fourth-order valence-electron chi connectivity index (χ4n) is 2.32. The highest BCUT2D eigenvalue weighted by Crippen LogP contribution is 2.26. The van der Waals surface area contributed by atoms with E-state index in [1.165, 1.54) is 11.1 Å². The van der Waals surface area contributed by atoms with Crippen molar-refractivity contribution in [2.24, 2.45) is 10.7 Å². The zero-order valence-electron chi connectivity index (χ0n) is 15.4. The Morgan fingerprint density at radius 3 is 2.23 bits per heavy atom. The highest BCUT2D eigenvalue weighted by molar-refractivity contribution is 14.0. The highest BCUT2D eigenvalue weighted by atomic mass is 127. The molecule has 0 aromatic heterocycles. The SMILES string of the molecule is COc1cc(OC)cc(C(O)CN=C(N)Nc2ccc(C)c(C)c2)c1.I. The van der Waals surface area contributed by atoms with Crippen LogP contribution < -0.4 is 20.5 Å². The maximum atomic E-state index is 10.4. The van der Waals surface area contributed by atoms with Gasteiger partial charge in [0.1, 0.15) is 11.5 Å². The first-order chi connectivity index (χ1) is 11.9. The normalized spacial score (nSPS) is 12.1. The summed E-state index contributed by atoms with van der Waals surface area (Å²) in [5, 5.41) is 13.4. The number of nitrogens with zero attached hydrogens (tertiary/aromatic N) is 1. The molecule has 0 aliphatic heterocycles. The van der Waals surface area contributed by atoms with E-state index in [0.29, 0.717) is 17.1 Å². The number of aryl methyl sites for hydroxylation is 2. The molecule has 26 heavy (non-hydrogen) atoms. The molecule has 1 atom stereocenters. The van der Waals surface area contributed by atoms with Gasteiger partial charge in [0.05, 0.1) is 26.9 Å². The number of nitrogens with two attached hydrogens (primary N) is 1. The molecule has 4 N–H and O–H groups in total. The van der Waals surface area contributed by atoms with E-state index >= 15 is 0 Å². The Morgan fingerprint density at radius 1 is 1.08 bits per heavy atom. The third kappa shape index (κ3) is 6.06. The maximum Gasteiger partial charge on any atom is 0.193 e. The maximum absolute atomic E-state index is 10.4. The number of ether oxygens (including phenoxy) is 2. The second-order valence-electron chi connectivity index (χ2n) is 5.81. The van der Waals surface area contributed by atoms with E-state index < -0.39 is 6.10 Å². The Kier molecular flexibility index (Phi) is 8.67. The van der Waals surface area contributed by atoms with Crippen molar-refractivity contribution in [3.63, 3.8) is 0 Å². The summed E-state index contributed by atoms with van der Waals surface area (Å²) in [5.74, 6) is 1.47. The van der Waals surface area contributed by atoms with Crippen LogP contribution in [0.4, 0.5) is 5.69 Å². The Labute approximate surface area is 171 Å². The van der Waals surface area contributed by atoms with Crippen molar-refractivity contribution in [2.45, 2.75) is 20.0 Å². The lowest BCUT2D eigenvalue weighted by Crippen LogP contribution is -2.23. The van der Waals surface area contributed by atoms with Gasteiger partial charge in [-0.05, 0) is 54.8 Å². The number of benzene rings is 2. The van der Waals surface area contributed by atoms with Crippen LogP contribution in [-0.4, -0.2) is 31.8 Å². The summed E-state index contributed by atoms with van der Waals surface area (Å²) in [6.45, 7) is 4.21. The Balaban J connectivity index is 0.00000338. The van der Waals surface area contributed by atoms with E-state index in [9.17, 15) is 5.11 Å². The van der Waals surface area contributed by atoms with Crippen molar-refractivity contribution in [1.29, 1.82) is 0 Å². The minimum Gasteiger partial charge on any atom is -0.497 e. The summed E-state index contributed by atoms with van der Waals surface area (Å²) in [7, 11) is 3.13. The minimum absolute atomic E-state index is 0. The van der Waals surface area contributed by atoms with Crippen LogP contribution in [0.2, 0.25) is 0 Å². The summed E-state index contributed by atoms with van der Waals surface area (Å²) >= 11 is 0. The van der Waals surface area contributed by atoms with Gasteiger partial charge in [0.2, 0.25) is 0 Å². The predicted molar refractivity (Wildman–Crippen MR) is 116 cm³/mol. The molecule has 6 nitrogen and oxygen atoms in total. The van der Waals surface area contributed by atoms with Gasteiger partial charge in [0.25, 0.3) is 0 Å². The molecule has 0 spiro atoms. The number of aliphatic hydroxyl groups is 1. The molecular weight excluding hydrogens is 445 g/mol. The number of rotatable bonds is 6. The smallest absolute Gasteiger partial charge is 0.193 e. The predicted octanol–water partition coefficient (Wildman–Crippen LogP) is 3.40. The van der Waals surface area contributed by atoms with Crippen LogP contribution in [-0.2, 0) is 0 Å². The van der Waals surface area contributed by atoms with Gasteiger partial charge in [-0.25, -0.2) is 0 Å². The van der Waals surface area contributed by atoms with Gasteiger partial charge >= 0.3 is 0 Å². The third-order valence-electron chi connectivity index (χ3n) is 3.97. The van der Waals surface area contributed by atoms with Crippen molar-refractivity contribution in [3.05, 3.63) is 53.1 Å². The molecule has 142 valence electrons. The van der Waals surface area contributed by atoms with Crippen LogP contribution >= 0.6 is 24.0 Å². The van der Waals surface area contributed by atoms with Crippen LogP contribution in [0.25, 0.3) is 0 Å². The van der Waals surface area contributed by atoms with E-state index in [1.54, 1.807) is 32.4 Å². The van der Waals surface area contributed by atoms with Crippen molar-refractivity contribution >= 4 is 35.6 Å². The van der Waals surface area contributed by atoms with Crippen molar-refractivity contribution in [1.82, 2.24) is 0 Å². The molecule has 0 aliphatic rings. The van der Waals surface area contributed by atoms with Gasteiger partial charge in [-0.3, -0.25) is 4.99 Å². The summed E-state index contributed by atoms with van der Waals surface area (Å²) in [6, 6.07) is 11.2. The molecule has 2 rings (SSSR count).